The minimum atomic E-state index is -0.464. The molecule has 1 atom stereocenters. The van der Waals surface area contributed by atoms with Crippen LogP contribution in [0, 0.1) is 0 Å². The minimum Gasteiger partial charge on any atom is -0.394 e. The first-order valence-electron chi connectivity index (χ1n) is 7.20. The Bertz CT molecular complexity index is 772. The molecule has 0 saturated heterocycles. The lowest BCUT2D eigenvalue weighted by Crippen LogP contribution is -2.31. The Hall–Kier alpha value is -2.99. The highest BCUT2D eigenvalue weighted by Gasteiger charge is 2.17. The summed E-state index contributed by atoms with van der Waals surface area (Å²) in [7, 11) is 0. The van der Waals surface area contributed by atoms with Gasteiger partial charge in [-0.15, -0.1) is 0 Å². The van der Waals surface area contributed by atoms with Crippen molar-refractivity contribution in [1.29, 1.82) is 0 Å². The number of rotatable bonds is 5. The molecule has 0 saturated carbocycles. The Morgan fingerprint density at radius 1 is 1.22 bits per heavy atom. The monoisotopic (exact) mass is 308 g/mol. The van der Waals surface area contributed by atoms with Gasteiger partial charge in [0.15, 0.2) is 0 Å². The van der Waals surface area contributed by atoms with Gasteiger partial charge < -0.3 is 10.4 Å². The lowest BCUT2D eigenvalue weighted by molar-refractivity contribution is 0.0911. The number of benzene rings is 1. The number of H-pyrrole nitrogens is 1. The average molecular weight is 308 g/mol. The summed E-state index contributed by atoms with van der Waals surface area (Å²) in [6, 6.07) is 14.2. The van der Waals surface area contributed by atoms with Gasteiger partial charge >= 0.3 is 0 Å². The van der Waals surface area contributed by atoms with Gasteiger partial charge in [0.2, 0.25) is 0 Å². The number of carbonyl (C=O) groups is 1. The standard InChI is InChI=1S/C17H16N4O2/c22-11-16(12-5-2-1-3-6-12)19-17(23)15-9-14(20-21-15)13-7-4-8-18-10-13/h1-10,16,22H,11H2,(H,19,23)(H,20,21)/t16-/m0/s1. The van der Waals surface area contributed by atoms with Crippen molar-refractivity contribution >= 4 is 5.91 Å². The molecule has 2 aromatic heterocycles. The molecule has 0 aliphatic rings. The second-order valence-electron chi connectivity index (χ2n) is 5.03. The SMILES string of the molecule is O=C(N[C@@H](CO)c1ccccc1)c1cc(-c2cccnc2)n[nH]1. The van der Waals surface area contributed by atoms with Gasteiger partial charge in [0.25, 0.3) is 5.91 Å². The lowest BCUT2D eigenvalue weighted by atomic mass is 10.1. The van der Waals surface area contributed by atoms with Crippen LogP contribution < -0.4 is 5.32 Å². The highest BCUT2D eigenvalue weighted by molar-refractivity contribution is 5.93. The van der Waals surface area contributed by atoms with E-state index in [1.807, 2.05) is 36.4 Å². The Labute approximate surface area is 133 Å². The van der Waals surface area contributed by atoms with E-state index in [9.17, 15) is 9.90 Å². The average Bonchev–Trinajstić information content (AvgIpc) is 3.11. The third kappa shape index (κ3) is 3.44. The molecule has 0 aliphatic carbocycles. The molecule has 6 nitrogen and oxygen atoms in total. The number of nitrogens with zero attached hydrogens (tertiary/aromatic N) is 2. The number of amides is 1. The van der Waals surface area contributed by atoms with Crippen molar-refractivity contribution in [3.63, 3.8) is 0 Å². The van der Waals surface area contributed by atoms with Crippen molar-refractivity contribution in [2.45, 2.75) is 6.04 Å². The molecule has 6 heteroatoms. The predicted octanol–water partition coefficient (Wildman–Crippen LogP) is 1.94. The molecule has 0 radical (unpaired) electrons. The highest BCUT2D eigenvalue weighted by atomic mass is 16.3. The molecular formula is C17H16N4O2. The molecule has 3 aromatic rings. The third-order valence-electron chi connectivity index (χ3n) is 3.47. The maximum absolute atomic E-state index is 12.3. The van der Waals surface area contributed by atoms with Gasteiger partial charge in [0.05, 0.1) is 18.3 Å². The predicted molar refractivity (Wildman–Crippen MR) is 85.6 cm³/mol. The van der Waals surface area contributed by atoms with Crippen molar-refractivity contribution in [3.05, 3.63) is 72.2 Å². The van der Waals surface area contributed by atoms with Crippen LogP contribution in [0.5, 0.6) is 0 Å². The Morgan fingerprint density at radius 2 is 2.04 bits per heavy atom. The van der Waals surface area contributed by atoms with Crippen molar-refractivity contribution in [3.8, 4) is 11.3 Å². The van der Waals surface area contributed by atoms with E-state index in [1.165, 1.54) is 0 Å². The van der Waals surface area contributed by atoms with Crippen LogP contribution in [0.1, 0.15) is 22.1 Å². The van der Waals surface area contributed by atoms with Gasteiger partial charge in [-0.05, 0) is 23.8 Å². The summed E-state index contributed by atoms with van der Waals surface area (Å²) in [4.78, 5) is 16.4. The van der Waals surface area contributed by atoms with E-state index in [2.05, 4.69) is 20.5 Å². The number of aromatic nitrogens is 3. The van der Waals surface area contributed by atoms with E-state index < -0.39 is 6.04 Å². The fraction of sp³-hybridized carbons (Fsp3) is 0.118. The van der Waals surface area contributed by atoms with Crippen molar-refractivity contribution in [2.75, 3.05) is 6.61 Å². The van der Waals surface area contributed by atoms with Gasteiger partial charge in [-0.2, -0.15) is 5.10 Å². The van der Waals surface area contributed by atoms with E-state index in [0.29, 0.717) is 11.4 Å². The molecule has 3 N–H and O–H groups in total. The molecule has 1 aromatic carbocycles. The fourth-order valence-electron chi connectivity index (χ4n) is 2.26. The minimum absolute atomic E-state index is 0.181. The lowest BCUT2D eigenvalue weighted by Gasteiger charge is -2.15. The summed E-state index contributed by atoms with van der Waals surface area (Å²) in [5.74, 6) is -0.324. The number of nitrogens with one attached hydrogen (secondary N) is 2. The first kappa shape index (κ1) is 14.9. The number of hydrogen-bond donors (Lipinski definition) is 3. The van der Waals surface area contributed by atoms with Crippen LogP contribution in [0.3, 0.4) is 0 Å². The largest absolute Gasteiger partial charge is 0.394 e. The molecule has 0 unspecified atom stereocenters. The topological polar surface area (TPSA) is 90.9 Å². The molecule has 2 heterocycles. The van der Waals surface area contributed by atoms with Gasteiger partial charge in [0.1, 0.15) is 5.69 Å². The van der Waals surface area contributed by atoms with Crippen molar-refractivity contribution in [1.82, 2.24) is 20.5 Å². The highest BCUT2D eigenvalue weighted by Crippen LogP contribution is 2.17. The summed E-state index contributed by atoms with van der Waals surface area (Å²) in [5.41, 5.74) is 2.64. The number of aliphatic hydroxyl groups excluding tert-OH is 1. The number of carbonyl (C=O) groups excluding carboxylic acids is 1. The Morgan fingerprint density at radius 3 is 2.74 bits per heavy atom. The number of aliphatic hydroxyl groups is 1. The zero-order valence-corrected chi connectivity index (χ0v) is 12.3. The van der Waals surface area contributed by atoms with E-state index in [4.69, 9.17) is 0 Å². The zero-order chi connectivity index (χ0) is 16.1. The Kier molecular flexibility index (Phi) is 4.44. The normalized spacial score (nSPS) is 11.9. The van der Waals surface area contributed by atoms with Crippen LogP contribution in [-0.4, -0.2) is 32.8 Å². The van der Waals surface area contributed by atoms with Gasteiger partial charge in [-0.3, -0.25) is 14.9 Å². The molecule has 0 spiro atoms. The second kappa shape index (κ2) is 6.85. The van der Waals surface area contributed by atoms with Crippen LogP contribution in [0.15, 0.2) is 60.9 Å². The van der Waals surface area contributed by atoms with E-state index >= 15 is 0 Å². The van der Waals surface area contributed by atoms with E-state index in [0.717, 1.165) is 11.1 Å². The molecular weight excluding hydrogens is 292 g/mol. The summed E-state index contributed by atoms with van der Waals surface area (Å²) < 4.78 is 0. The van der Waals surface area contributed by atoms with Gasteiger partial charge in [-0.25, -0.2) is 0 Å². The molecule has 23 heavy (non-hydrogen) atoms. The van der Waals surface area contributed by atoms with Crippen LogP contribution >= 0.6 is 0 Å². The van der Waals surface area contributed by atoms with Crippen LogP contribution in [0.4, 0.5) is 0 Å². The first-order valence-corrected chi connectivity index (χ1v) is 7.20. The van der Waals surface area contributed by atoms with Crippen LogP contribution in [-0.2, 0) is 0 Å². The summed E-state index contributed by atoms with van der Waals surface area (Å²) >= 11 is 0. The number of pyridine rings is 1. The first-order chi connectivity index (χ1) is 11.3. The smallest absolute Gasteiger partial charge is 0.269 e. The van der Waals surface area contributed by atoms with Gasteiger partial charge in [0, 0.05) is 18.0 Å². The summed E-state index contributed by atoms with van der Waals surface area (Å²) in [6.45, 7) is -0.181. The molecule has 3 rings (SSSR count). The Balaban J connectivity index is 1.75. The molecule has 0 fully saturated rings. The van der Waals surface area contributed by atoms with Crippen LogP contribution in [0.2, 0.25) is 0 Å². The molecule has 116 valence electrons. The van der Waals surface area contributed by atoms with Gasteiger partial charge in [-0.1, -0.05) is 30.3 Å². The molecule has 1 amide bonds. The zero-order valence-electron chi connectivity index (χ0n) is 12.3. The number of aromatic amines is 1. The summed E-state index contributed by atoms with van der Waals surface area (Å²) in [6.07, 6.45) is 3.35. The maximum Gasteiger partial charge on any atom is 0.269 e. The second-order valence-corrected chi connectivity index (χ2v) is 5.03. The molecule has 0 bridgehead atoms. The van der Waals surface area contributed by atoms with Crippen molar-refractivity contribution in [2.24, 2.45) is 0 Å². The summed E-state index contributed by atoms with van der Waals surface area (Å²) in [5, 5.41) is 19.1. The third-order valence-corrected chi connectivity index (χ3v) is 3.47. The van der Waals surface area contributed by atoms with E-state index in [-0.39, 0.29) is 12.5 Å². The molecule has 0 aliphatic heterocycles. The maximum atomic E-state index is 12.3. The quantitative estimate of drug-likeness (QED) is 0.672. The number of hydrogen-bond acceptors (Lipinski definition) is 4. The van der Waals surface area contributed by atoms with E-state index in [1.54, 1.807) is 24.5 Å². The van der Waals surface area contributed by atoms with Crippen LogP contribution in [0.25, 0.3) is 11.3 Å². The fourth-order valence-corrected chi connectivity index (χ4v) is 2.26. The van der Waals surface area contributed by atoms with Crippen molar-refractivity contribution < 1.29 is 9.90 Å².